The summed E-state index contributed by atoms with van der Waals surface area (Å²) in [7, 11) is 0. The first-order chi connectivity index (χ1) is 10.2. The van der Waals surface area contributed by atoms with Gasteiger partial charge in [-0.05, 0) is 42.8 Å². The number of benzene rings is 2. The third kappa shape index (κ3) is 4.57. The van der Waals surface area contributed by atoms with E-state index in [-0.39, 0.29) is 5.82 Å². The molecule has 0 radical (unpaired) electrons. The number of hydrogen-bond donors (Lipinski definition) is 1. The minimum atomic E-state index is -0.174. The number of rotatable bonds is 7. The molecule has 0 aromatic heterocycles. The molecular formula is C18H23FN2. The molecule has 0 aliphatic rings. The lowest BCUT2D eigenvalue weighted by Gasteiger charge is -2.24. The monoisotopic (exact) mass is 286 g/mol. The van der Waals surface area contributed by atoms with Gasteiger partial charge < -0.3 is 10.2 Å². The van der Waals surface area contributed by atoms with Crippen molar-refractivity contribution in [2.45, 2.75) is 26.9 Å². The molecule has 21 heavy (non-hydrogen) atoms. The molecule has 0 heterocycles. The van der Waals surface area contributed by atoms with E-state index in [4.69, 9.17) is 0 Å². The maximum Gasteiger partial charge on any atom is 0.125 e. The fourth-order valence-corrected chi connectivity index (χ4v) is 2.38. The highest BCUT2D eigenvalue weighted by atomic mass is 19.1. The zero-order valence-corrected chi connectivity index (χ0v) is 12.8. The van der Waals surface area contributed by atoms with Crippen molar-refractivity contribution in [3.63, 3.8) is 0 Å². The normalized spacial score (nSPS) is 10.6. The quantitative estimate of drug-likeness (QED) is 0.828. The largest absolute Gasteiger partial charge is 0.367 e. The van der Waals surface area contributed by atoms with Crippen molar-refractivity contribution in [1.82, 2.24) is 5.32 Å². The van der Waals surface area contributed by atoms with Crippen LogP contribution < -0.4 is 10.2 Å². The fraction of sp³-hybridized carbons (Fsp3) is 0.333. The summed E-state index contributed by atoms with van der Waals surface area (Å²) >= 11 is 0. The molecule has 2 nitrogen and oxygen atoms in total. The highest BCUT2D eigenvalue weighted by molar-refractivity contribution is 5.49. The van der Waals surface area contributed by atoms with E-state index in [9.17, 15) is 4.39 Å². The Labute approximate surface area is 126 Å². The van der Waals surface area contributed by atoms with Crippen molar-refractivity contribution in [1.29, 1.82) is 0 Å². The molecule has 0 spiro atoms. The van der Waals surface area contributed by atoms with Crippen LogP contribution in [0.15, 0.2) is 48.5 Å². The van der Waals surface area contributed by atoms with Gasteiger partial charge in [0.05, 0.1) is 0 Å². The molecule has 0 aliphatic heterocycles. The van der Waals surface area contributed by atoms with Gasteiger partial charge in [0.2, 0.25) is 0 Å². The highest BCUT2D eigenvalue weighted by Gasteiger charge is 2.08. The zero-order valence-electron chi connectivity index (χ0n) is 12.8. The number of nitrogens with zero attached hydrogens (tertiary/aromatic N) is 1. The second kappa shape index (κ2) is 7.79. The van der Waals surface area contributed by atoms with Crippen molar-refractivity contribution < 1.29 is 4.39 Å². The van der Waals surface area contributed by atoms with Crippen LogP contribution in [0, 0.1) is 5.82 Å². The third-order valence-electron chi connectivity index (χ3n) is 3.48. The van der Waals surface area contributed by atoms with E-state index in [1.165, 1.54) is 5.56 Å². The van der Waals surface area contributed by atoms with Gasteiger partial charge in [-0.15, -0.1) is 0 Å². The van der Waals surface area contributed by atoms with Crippen LogP contribution in [0.1, 0.15) is 25.0 Å². The molecule has 2 rings (SSSR count). The van der Waals surface area contributed by atoms with Gasteiger partial charge in [0.1, 0.15) is 5.82 Å². The summed E-state index contributed by atoms with van der Waals surface area (Å²) in [6.07, 6.45) is 0. The van der Waals surface area contributed by atoms with Gasteiger partial charge in [0.25, 0.3) is 0 Å². The van der Waals surface area contributed by atoms with Crippen molar-refractivity contribution in [3.8, 4) is 0 Å². The van der Waals surface area contributed by atoms with Crippen LogP contribution in [0.5, 0.6) is 0 Å². The summed E-state index contributed by atoms with van der Waals surface area (Å²) in [5.74, 6) is -0.174. The summed E-state index contributed by atoms with van der Waals surface area (Å²) in [4.78, 5) is 2.19. The SMILES string of the molecule is CCNCc1cc(F)cc(N(CC)Cc2ccccc2)c1. The Balaban J connectivity index is 2.19. The minimum Gasteiger partial charge on any atom is -0.367 e. The molecule has 0 unspecified atom stereocenters. The Bertz CT molecular complexity index is 554. The van der Waals surface area contributed by atoms with Gasteiger partial charge in [-0.1, -0.05) is 37.3 Å². The second-order valence-electron chi connectivity index (χ2n) is 5.10. The first-order valence-corrected chi connectivity index (χ1v) is 7.52. The summed E-state index contributed by atoms with van der Waals surface area (Å²) < 4.78 is 13.8. The van der Waals surface area contributed by atoms with E-state index in [2.05, 4.69) is 35.3 Å². The molecule has 2 aromatic rings. The lowest BCUT2D eigenvalue weighted by Crippen LogP contribution is -2.22. The topological polar surface area (TPSA) is 15.3 Å². The molecule has 0 amide bonds. The summed E-state index contributed by atoms with van der Waals surface area (Å²) in [5.41, 5.74) is 3.16. The third-order valence-corrected chi connectivity index (χ3v) is 3.48. The maximum absolute atomic E-state index is 13.8. The Morgan fingerprint density at radius 1 is 1.00 bits per heavy atom. The van der Waals surface area contributed by atoms with Gasteiger partial charge in [-0.3, -0.25) is 0 Å². The van der Waals surface area contributed by atoms with E-state index in [0.717, 1.165) is 30.9 Å². The summed E-state index contributed by atoms with van der Waals surface area (Å²) in [5, 5.41) is 3.24. The molecule has 0 aliphatic carbocycles. The maximum atomic E-state index is 13.8. The van der Waals surface area contributed by atoms with Crippen molar-refractivity contribution >= 4 is 5.69 Å². The molecule has 1 N–H and O–H groups in total. The molecular weight excluding hydrogens is 263 g/mol. The smallest absolute Gasteiger partial charge is 0.125 e. The molecule has 0 atom stereocenters. The van der Waals surface area contributed by atoms with E-state index < -0.39 is 0 Å². The van der Waals surface area contributed by atoms with E-state index >= 15 is 0 Å². The Morgan fingerprint density at radius 3 is 2.43 bits per heavy atom. The van der Waals surface area contributed by atoms with Crippen LogP contribution in [0.3, 0.4) is 0 Å². The van der Waals surface area contributed by atoms with Crippen molar-refractivity contribution in [3.05, 3.63) is 65.5 Å². The average molecular weight is 286 g/mol. The average Bonchev–Trinajstić information content (AvgIpc) is 2.51. The number of nitrogens with one attached hydrogen (secondary N) is 1. The van der Waals surface area contributed by atoms with E-state index in [1.807, 2.05) is 25.1 Å². The van der Waals surface area contributed by atoms with Crippen LogP contribution in [0.25, 0.3) is 0 Å². The molecule has 2 aromatic carbocycles. The minimum absolute atomic E-state index is 0.174. The van der Waals surface area contributed by atoms with E-state index in [1.54, 1.807) is 12.1 Å². The van der Waals surface area contributed by atoms with Gasteiger partial charge in [0, 0.05) is 25.3 Å². The van der Waals surface area contributed by atoms with E-state index in [0.29, 0.717) is 6.54 Å². The lowest BCUT2D eigenvalue weighted by molar-refractivity contribution is 0.620. The number of hydrogen-bond acceptors (Lipinski definition) is 2. The molecule has 112 valence electrons. The molecule has 0 saturated carbocycles. The van der Waals surface area contributed by atoms with Crippen LogP contribution >= 0.6 is 0 Å². The Hall–Kier alpha value is -1.87. The van der Waals surface area contributed by atoms with Crippen molar-refractivity contribution in [2.24, 2.45) is 0 Å². The number of halogens is 1. The Kier molecular flexibility index (Phi) is 5.76. The lowest BCUT2D eigenvalue weighted by atomic mass is 10.1. The van der Waals surface area contributed by atoms with Crippen molar-refractivity contribution in [2.75, 3.05) is 18.0 Å². The summed E-state index contributed by atoms with van der Waals surface area (Å²) in [6.45, 7) is 7.36. The van der Waals surface area contributed by atoms with Crippen LogP contribution in [-0.4, -0.2) is 13.1 Å². The predicted molar refractivity (Wildman–Crippen MR) is 86.9 cm³/mol. The molecule has 0 bridgehead atoms. The first-order valence-electron chi connectivity index (χ1n) is 7.52. The molecule has 0 saturated heterocycles. The standard InChI is InChI=1S/C18H23FN2/c1-3-20-13-16-10-17(19)12-18(11-16)21(4-2)14-15-8-6-5-7-9-15/h5-12,20H,3-4,13-14H2,1-2H3. The van der Waals surface area contributed by atoms with Gasteiger partial charge >= 0.3 is 0 Å². The zero-order chi connectivity index (χ0) is 15.1. The van der Waals surface area contributed by atoms with Crippen LogP contribution in [-0.2, 0) is 13.1 Å². The van der Waals surface area contributed by atoms with Crippen LogP contribution in [0.4, 0.5) is 10.1 Å². The molecule has 3 heteroatoms. The summed E-state index contributed by atoms with van der Waals surface area (Å²) in [6, 6.07) is 15.6. The molecule has 0 fully saturated rings. The first kappa shape index (κ1) is 15.5. The highest BCUT2D eigenvalue weighted by Crippen LogP contribution is 2.21. The van der Waals surface area contributed by atoms with Gasteiger partial charge in [-0.2, -0.15) is 0 Å². The van der Waals surface area contributed by atoms with Gasteiger partial charge in [0.15, 0.2) is 0 Å². The second-order valence-corrected chi connectivity index (χ2v) is 5.10. The Morgan fingerprint density at radius 2 is 1.76 bits per heavy atom. The number of anilines is 1. The van der Waals surface area contributed by atoms with Gasteiger partial charge in [-0.25, -0.2) is 4.39 Å². The predicted octanol–water partition coefficient (Wildman–Crippen LogP) is 3.96. The van der Waals surface area contributed by atoms with Crippen LogP contribution in [0.2, 0.25) is 0 Å². The fourth-order valence-electron chi connectivity index (χ4n) is 2.38.